The molecule has 2 aromatic rings. The van der Waals surface area contributed by atoms with E-state index < -0.39 is 0 Å². The molecule has 1 saturated carbocycles. The fourth-order valence-corrected chi connectivity index (χ4v) is 2.75. The van der Waals surface area contributed by atoms with Crippen molar-refractivity contribution in [3.63, 3.8) is 0 Å². The summed E-state index contributed by atoms with van der Waals surface area (Å²) in [5.41, 5.74) is 2.71. The molecule has 6 nitrogen and oxygen atoms in total. The number of nitrogens with one attached hydrogen (secondary N) is 2. The topological polar surface area (TPSA) is 70.2 Å². The van der Waals surface area contributed by atoms with Gasteiger partial charge in [-0.15, -0.1) is 0 Å². The Balaban J connectivity index is 1.73. The van der Waals surface area contributed by atoms with E-state index in [2.05, 4.69) is 20.6 Å². The molecule has 0 radical (unpaired) electrons. The Labute approximate surface area is 142 Å². The summed E-state index contributed by atoms with van der Waals surface area (Å²) in [5, 5.41) is 6.03. The van der Waals surface area contributed by atoms with Crippen LogP contribution in [0.5, 0.6) is 0 Å². The number of aryl methyl sites for hydroxylation is 1. The van der Waals surface area contributed by atoms with E-state index in [-0.39, 0.29) is 12.1 Å². The van der Waals surface area contributed by atoms with Crippen LogP contribution in [0.15, 0.2) is 36.7 Å². The summed E-state index contributed by atoms with van der Waals surface area (Å²) in [7, 11) is 3.82. The average molecular weight is 325 g/mol. The first-order valence-corrected chi connectivity index (χ1v) is 8.17. The first-order chi connectivity index (χ1) is 11.5. The summed E-state index contributed by atoms with van der Waals surface area (Å²) in [6.45, 7) is 1.93. The fraction of sp³-hybridized carbons (Fsp3) is 0.389. The standard InChI is InChI=1S/C18H23N5O/c1-12-4-7-15(17(20-12)23(2)3)21-18(24)22-16(13-5-6-13)14-8-10-19-11-9-14/h4,7-11,13,16H,5-6H2,1-3H3,(H2,21,22,24). The number of carbonyl (C=O) groups is 1. The number of carbonyl (C=O) groups excluding carboxylic acids is 1. The molecule has 0 spiro atoms. The SMILES string of the molecule is Cc1ccc(NC(=O)NC(c2ccncc2)C2CC2)c(N(C)C)n1. The van der Waals surface area contributed by atoms with Crippen LogP contribution in [0.2, 0.25) is 0 Å². The van der Waals surface area contributed by atoms with Crippen molar-refractivity contribution in [3.05, 3.63) is 47.9 Å². The summed E-state index contributed by atoms with van der Waals surface area (Å²) in [6, 6.07) is 7.51. The molecule has 24 heavy (non-hydrogen) atoms. The number of amides is 2. The number of pyridine rings is 2. The van der Waals surface area contributed by atoms with Crippen LogP contribution in [0.25, 0.3) is 0 Å². The van der Waals surface area contributed by atoms with E-state index in [9.17, 15) is 4.79 Å². The Morgan fingerprint density at radius 2 is 1.92 bits per heavy atom. The lowest BCUT2D eigenvalue weighted by atomic mass is 10.0. The lowest BCUT2D eigenvalue weighted by Crippen LogP contribution is -2.34. The number of urea groups is 1. The molecule has 1 unspecified atom stereocenters. The minimum absolute atomic E-state index is 0.0224. The highest BCUT2D eigenvalue weighted by Crippen LogP contribution is 2.40. The Morgan fingerprint density at radius 1 is 1.21 bits per heavy atom. The second-order valence-electron chi connectivity index (χ2n) is 6.41. The van der Waals surface area contributed by atoms with Crippen LogP contribution in [0.3, 0.4) is 0 Å². The molecule has 3 rings (SSSR count). The molecule has 0 aliphatic heterocycles. The van der Waals surface area contributed by atoms with Gasteiger partial charge >= 0.3 is 6.03 Å². The average Bonchev–Trinajstić information content (AvgIpc) is 3.40. The number of anilines is 2. The third-order valence-corrected chi connectivity index (χ3v) is 4.13. The predicted molar refractivity (Wildman–Crippen MR) is 95.2 cm³/mol. The maximum Gasteiger partial charge on any atom is 0.319 e. The largest absolute Gasteiger partial charge is 0.361 e. The van der Waals surface area contributed by atoms with Gasteiger partial charge in [-0.1, -0.05) is 0 Å². The third-order valence-electron chi connectivity index (χ3n) is 4.13. The van der Waals surface area contributed by atoms with E-state index >= 15 is 0 Å². The van der Waals surface area contributed by atoms with Gasteiger partial charge < -0.3 is 15.5 Å². The van der Waals surface area contributed by atoms with Crippen molar-refractivity contribution in [2.75, 3.05) is 24.3 Å². The van der Waals surface area contributed by atoms with Gasteiger partial charge in [-0.05, 0) is 55.5 Å². The smallest absolute Gasteiger partial charge is 0.319 e. The van der Waals surface area contributed by atoms with Gasteiger partial charge in [-0.2, -0.15) is 0 Å². The van der Waals surface area contributed by atoms with Crippen LogP contribution >= 0.6 is 0 Å². The summed E-state index contributed by atoms with van der Waals surface area (Å²) in [5.74, 6) is 1.25. The van der Waals surface area contributed by atoms with Gasteiger partial charge in [0.2, 0.25) is 0 Å². The molecular weight excluding hydrogens is 302 g/mol. The maximum atomic E-state index is 12.5. The zero-order valence-corrected chi connectivity index (χ0v) is 14.3. The van der Waals surface area contributed by atoms with Crippen LogP contribution in [-0.4, -0.2) is 30.1 Å². The molecule has 1 fully saturated rings. The van der Waals surface area contributed by atoms with Crippen molar-refractivity contribution in [2.45, 2.75) is 25.8 Å². The monoisotopic (exact) mass is 325 g/mol. The molecule has 0 aromatic carbocycles. The summed E-state index contributed by atoms with van der Waals surface area (Å²) < 4.78 is 0. The van der Waals surface area contributed by atoms with Gasteiger partial charge in [0, 0.05) is 32.2 Å². The first kappa shape index (κ1) is 16.2. The molecule has 126 valence electrons. The molecule has 2 heterocycles. The maximum absolute atomic E-state index is 12.5. The van der Waals surface area contributed by atoms with Crippen LogP contribution < -0.4 is 15.5 Å². The lowest BCUT2D eigenvalue weighted by Gasteiger charge is -2.21. The van der Waals surface area contributed by atoms with Gasteiger partial charge in [0.15, 0.2) is 5.82 Å². The molecule has 2 aromatic heterocycles. The molecule has 1 aliphatic rings. The molecule has 1 aliphatic carbocycles. The predicted octanol–water partition coefficient (Wildman–Crippen LogP) is 3.12. The Bertz CT molecular complexity index is 713. The molecule has 1 atom stereocenters. The van der Waals surface area contributed by atoms with E-state index in [1.807, 2.05) is 50.2 Å². The second kappa shape index (κ2) is 6.86. The van der Waals surface area contributed by atoms with Crippen LogP contribution in [0.4, 0.5) is 16.3 Å². The van der Waals surface area contributed by atoms with Crippen molar-refractivity contribution in [3.8, 4) is 0 Å². The number of nitrogens with zero attached hydrogens (tertiary/aromatic N) is 3. The Hall–Kier alpha value is -2.63. The van der Waals surface area contributed by atoms with Crippen molar-refractivity contribution in [1.82, 2.24) is 15.3 Å². The molecule has 6 heteroatoms. The summed E-state index contributed by atoms with van der Waals surface area (Å²) in [6.07, 6.45) is 5.81. The highest BCUT2D eigenvalue weighted by atomic mass is 16.2. The third kappa shape index (κ3) is 3.82. The summed E-state index contributed by atoms with van der Waals surface area (Å²) in [4.78, 5) is 22.9. The van der Waals surface area contributed by atoms with Crippen molar-refractivity contribution < 1.29 is 4.79 Å². The lowest BCUT2D eigenvalue weighted by molar-refractivity contribution is 0.247. The Morgan fingerprint density at radius 3 is 2.54 bits per heavy atom. The van der Waals surface area contributed by atoms with Gasteiger partial charge in [0.1, 0.15) is 0 Å². The van der Waals surface area contributed by atoms with E-state index in [1.165, 1.54) is 0 Å². The highest BCUT2D eigenvalue weighted by molar-refractivity contribution is 5.92. The normalized spacial score (nSPS) is 14.8. The quantitative estimate of drug-likeness (QED) is 0.886. The molecule has 0 bridgehead atoms. The fourth-order valence-electron chi connectivity index (χ4n) is 2.75. The highest BCUT2D eigenvalue weighted by Gasteiger charge is 2.33. The van der Waals surface area contributed by atoms with E-state index in [4.69, 9.17) is 0 Å². The van der Waals surface area contributed by atoms with E-state index in [0.717, 1.165) is 29.9 Å². The minimum atomic E-state index is -0.211. The van der Waals surface area contributed by atoms with Crippen molar-refractivity contribution >= 4 is 17.5 Å². The molecule has 2 N–H and O–H groups in total. The van der Waals surface area contributed by atoms with Gasteiger partial charge in [-0.3, -0.25) is 4.98 Å². The minimum Gasteiger partial charge on any atom is -0.361 e. The van der Waals surface area contributed by atoms with E-state index in [1.54, 1.807) is 12.4 Å². The molecule has 0 saturated heterocycles. The van der Waals surface area contributed by atoms with Gasteiger partial charge in [0.05, 0.1) is 11.7 Å². The van der Waals surface area contributed by atoms with Crippen LogP contribution in [0, 0.1) is 12.8 Å². The molecule has 2 amide bonds. The summed E-state index contributed by atoms with van der Waals surface area (Å²) >= 11 is 0. The van der Waals surface area contributed by atoms with Gasteiger partial charge in [-0.25, -0.2) is 9.78 Å². The zero-order valence-electron chi connectivity index (χ0n) is 14.3. The number of hydrogen-bond donors (Lipinski definition) is 2. The van der Waals surface area contributed by atoms with Crippen LogP contribution in [-0.2, 0) is 0 Å². The van der Waals surface area contributed by atoms with Crippen molar-refractivity contribution in [2.24, 2.45) is 5.92 Å². The zero-order chi connectivity index (χ0) is 17.1. The van der Waals surface area contributed by atoms with Gasteiger partial charge in [0.25, 0.3) is 0 Å². The van der Waals surface area contributed by atoms with Crippen LogP contribution in [0.1, 0.15) is 30.1 Å². The van der Waals surface area contributed by atoms with Crippen molar-refractivity contribution in [1.29, 1.82) is 0 Å². The number of aromatic nitrogens is 2. The molecular formula is C18H23N5O. The first-order valence-electron chi connectivity index (χ1n) is 8.17. The number of hydrogen-bond acceptors (Lipinski definition) is 4. The Kier molecular flexibility index (Phi) is 4.64. The number of rotatable bonds is 5. The second-order valence-corrected chi connectivity index (χ2v) is 6.41. The van der Waals surface area contributed by atoms with E-state index in [0.29, 0.717) is 11.6 Å².